The number of hydrogen-bond acceptors (Lipinski definition) is 6. The summed E-state index contributed by atoms with van der Waals surface area (Å²) in [6.45, 7) is 4.01. The molecule has 1 spiro atoms. The summed E-state index contributed by atoms with van der Waals surface area (Å²) < 4.78 is 11.2. The van der Waals surface area contributed by atoms with Crippen molar-refractivity contribution in [2.45, 2.75) is 48.8 Å². The molecule has 0 radical (unpaired) electrons. The average Bonchev–Trinajstić information content (AvgIpc) is 3.00. The van der Waals surface area contributed by atoms with E-state index < -0.39 is 29.3 Å². The van der Waals surface area contributed by atoms with Gasteiger partial charge in [-0.15, -0.1) is 0 Å². The molecule has 2 N–H and O–H groups in total. The number of ether oxygens (including phenoxy) is 2. The van der Waals surface area contributed by atoms with Crippen LogP contribution in [0.15, 0.2) is 24.8 Å². The highest BCUT2D eigenvalue weighted by Crippen LogP contribution is 2.64. The Labute approximate surface area is 156 Å². The molecule has 2 bridgehead atoms. The lowest BCUT2D eigenvalue weighted by Gasteiger charge is -2.61. The number of phenolic OH excluding ortho intramolecular Hbond substituents is 1. The Kier molecular flexibility index (Phi) is 3.23. The molecule has 1 saturated heterocycles. The molecular formula is C20H21NO6. The number of rotatable bonds is 2. The van der Waals surface area contributed by atoms with Gasteiger partial charge in [-0.3, -0.25) is 4.79 Å². The van der Waals surface area contributed by atoms with Crippen LogP contribution >= 0.6 is 0 Å². The largest absolute Gasteiger partial charge is 0.504 e. The maximum Gasteiger partial charge on any atom is 0.410 e. The number of aromatic hydroxyl groups is 1. The van der Waals surface area contributed by atoms with Crippen LogP contribution in [0.4, 0.5) is 4.79 Å². The van der Waals surface area contributed by atoms with Crippen LogP contribution in [0, 0.1) is 0 Å². The van der Waals surface area contributed by atoms with Gasteiger partial charge >= 0.3 is 6.09 Å². The van der Waals surface area contributed by atoms with Gasteiger partial charge in [-0.05, 0) is 30.9 Å². The zero-order valence-corrected chi connectivity index (χ0v) is 14.8. The molecule has 0 aromatic heterocycles. The lowest BCUT2D eigenvalue weighted by atomic mass is 9.49. The monoisotopic (exact) mass is 371 g/mol. The van der Waals surface area contributed by atoms with Crippen molar-refractivity contribution >= 4 is 11.9 Å². The third-order valence-electron chi connectivity index (χ3n) is 6.82. The van der Waals surface area contributed by atoms with Gasteiger partial charge < -0.3 is 24.6 Å². The standard InChI is InChI=1S/C20H21NO6/c1-2-9-26-18(24)21-8-7-19-15-11-3-4-12(22)16(15)27-17(19)13(23)5-6-20(19,25)14(21)10-11/h2-4,14,17,22,25H,1,5-10H2/t14-,17+,19?,20-/m1/s1. The number of hydrogen-bond donors (Lipinski definition) is 2. The third-order valence-corrected chi connectivity index (χ3v) is 6.82. The zero-order valence-electron chi connectivity index (χ0n) is 14.8. The summed E-state index contributed by atoms with van der Waals surface area (Å²) in [6.07, 6.45) is 1.43. The van der Waals surface area contributed by atoms with Gasteiger partial charge in [-0.1, -0.05) is 18.7 Å². The number of carbonyl (C=O) groups is 2. The molecular weight excluding hydrogens is 350 g/mol. The lowest BCUT2D eigenvalue weighted by Crippen LogP contribution is -2.77. The molecule has 5 rings (SSSR count). The number of amides is 1. The number of likely N-dealkylation sites (tertiary alicyclic amines) is 1. The second-order valence-electron chi connectivity index (χ2n) is 7.84. The Morgan fingerprint density at radius 1 is 1.44 bits per heavy atom. The highest BCUT2D eigenvalue weighted by molar-refractivity contribution is 5.90. The zero-order chi connectivity index (χ0) is 19.0. The number of phenols is 1. The molecule has 1 aromatic carbocycles. The molecule has 2 fully saturated rings. The second-order valence-corrected chi connectivity index (χ2v) is 7.84. The first kappa shape index (κ1) is 16.6. The number of nitrogens with zero attached hydrogens (tertiary/aromatic N) is 1. The summed E-state index contributed by atoms with van der Waals surface area (Å²) in [5, 5.41) is 22.2. The van der Waals surface area contributed by atoms with Gasteiger partial charge in [0.25, 0.3) is 0 Å². The minimum atomic E-state index is -1.30. The van der Waals surface area contributed by atoms with Crippen LogP contribution in [0.2, 0.25) is 0 Å². The highest BCUT2D eigenvalue weighted by Gasteiger charge is 2.73. The minimum Gasteiger partial charge on any atom is -0.504 e. The van der Waals surface area contributed by atoms with E-state index in [4.69, 9.17) is 9.47 Å². The first-order chi connectivity index (χ1) is 12.9. The van der Waals surface area contributed by atoms with Crippen molar-refractivity contribution < 1.29 is 29.3 Å². The molecule has 142 valence electrons. The number of carbonyl (C=O) groups excluding carboxylic acids is 2. The van der Waals surface area contributed by atoms with Gasteiger partial charge in [0, 0.05) is 18.5 Å². The van der Waals surface area contributed by atoms with Crippen LogP contribution in [0.5, 0.6) is 11.5 Å². The van der Waals surface area contributed by atoms with Crippen LogP contribution in [0.3, 0.4) is 0 Å². The molecule has 1 saturated carbocycles. The number of Topliss-reactive ketones (excluding diaryl/α,β-unsaturated/α-hetero) is 1. The SMILES string of the molecule is C=CCOC(=O)N1CCC23c4c5ccc(O)c4O[C@H]2C(=O)CC[C@@]3(O)[C@H]1C5. The van der Waals surface area contributed by atoms with E-state index in [0.717, 1.165) is 11.1 Å². The van der Waals surface area contributed by atoms with E-state index in [1.807, 2.05) is 0 Å². The molecule has 7 nitrogen and oxygen atoms in total. The Bertz CT molecular complexity index is 881. The summed E-state index contributed by atoms with van der Waals surface area (Å²) >= 11 is 0. The second kappa shape index (κ2) is 5.25. The van der Waals surface area contributed by atoms with Crippen LogP contribution in [-0.4, -0.2) is 57.9 Å². The first-order valence-electron chi connectivity index (χ1n) is 9.25. The molecule has 2 aliphatic heterocycles. The van der Waals surface area contributed by atoms with Gasteiger partial charge in [-0.2, -0.15) is 0 Å². The molecule has 1 unspecified atom stereocenters. The van der Waals surface area contributed by atoms with E-state index in [2.05, 4.69) is 6.58 Å². The predicted octanol–water partition coefficient (Wildman–Crippen LogP) is 1.44. The Morgan fingerprint density at radius 2 is 2.26 bits per heavy atom. The summed E-state index contributed by atoms with van der Waals surface area (Å²) in [7, 11) is 0. The summed E-state index contributed by atoms with van der Waals surface area (Å²) in [4.78, 5) is 26.9. The number of piperidine rings is 1. The molecule has 1 amide bonds. The van der Waals surface area contributed by atoms with Gasteiger partial charge in [0.05, 0.1) is 17.1 Å². The van der Waals surface area contributed by atoms with Crippen molar-refractivity contribution in [3.8, 4) is 11.5 Å². The van der Waals surface area contributed by atoms with E-state index >= 15 is 0 Å². The normalized spacial score (nSPS) is 35.3. The van der Waals surface area contributed by atoms with E-state index in [-0.39, 0.29) is 31.0 Å². The van der Waals surface area contributed by atoms with Crippen LogP contribution in [0.25, 0.3) is 0 Å². The lowest BCUT2D eigenvalue weighted by molar-refractivity contribution is -0.183. The molecule has 4 aliphatic rings. The Morgan fingerprint density at radius 3 is 3.04 bits per heavy atom. The predicted molar refractivity (Wildman–Crippen MR) is 93.8 cm³/mol. The topological polar surface area (TPSA) is 96.3 Å². The first-order valence-corrected chi connectivity index (χ1v) is 9.25. The fourth-order valence-corrected chi connectivity index (χ4v) is 5.76. The quantitative estimate of drug-likeness (QED) is 0.764. The maximum atomic E-state index is 12.7. The molecule has 7 heteroatoms. The van der Waals surface area contributed by atoms with Gasteiger partial charge in [0.15, 0.2) is 23.4 Å². The number of aliphatic hydroxyl groups is 1. The fourth-order valence-electron chi connectivity index (χ4n) is 5.76. The van der Waals surface area contributed by atoms with E-state index in [1.165, 1.54) is 6.08 Å². The molecule has 4 atom stereocenters. The summed E-state index contributed by atoms with van der Waals surface area (Å²) in [6, 6.07) is 2.84. The van der Waals surface area contributed by atoms with E-state index in [9.17, 15) is 19.8 Å². The molecule has 2 heterocycles. The molecule has 27 heavy (non-hydrogen) atoms. The van der Waals surface area contributed by atoms with Crippen LogP contribution < -0.4 is 4.74 Å². The van der Waals surface area contributed by atoms with Crippen molar-refractivity contribution in [3.63, 3.8) is 0 Å². The van der Waals surface area contributed by atoms with Crippen molar-refractivity contribution in [2.24, 2.45) is 0 Å². The van der Waals surface area contributed by atoms with Crippen molar-refractivity contribution in [3.05, 3.63) is 35.9 Å². The van der Waals surface area contributed by atoms with Gasteiger partial charge in [0.1, 0.15) is 6.61 Å². The van der Waals surface area contributed by atoms with Crippen molar-refractivity contribution in [1.82, 2.24) is 4.90 Å². The highest BCUT2D eigenvalue weighted by atomic mass is 16.6. The average molecular weight is 371 g/mol. The van der Waals surface area contributed by atoms with Crippen LogP contribution in [-0.2, 0) is 21.4 Å². The Hall–Kier alpha value is -2.54. The Balaban J connectivity index is 1.68. The third kappa shape index (κ3) is 1.80. The smallest absolute Gasteiger partial charge is 0.410 e. The summed E-state index contributed by atoms with van der Waals surface area (Å²) in [5.74, 6) is 0.232. The van der Waals surface area contributed by atoms with Crippen molar-refractivity contribution in [1.29, 1.82) is 0 Å². The summed E-state index contributed by atoms with van der Waals surface area (Å²) in [5.41, 5.74) is -0.582. The molecule has 2 aliphatic carbocycles. The maximum absolute atomic E-state index is 12.7. The molecule has 1 aromatic rings. The van der Waals surface area contributed by atoms with Gasteiger partial charge in [-0.25, -0.2) is 4.79 Å². The van der Waals surface area contributed by atoms with Crippen LogP contribution in [0.1, 0.15) is 30.4 Å². The van der Waals surface area contributed by atoms with Gasteiger partial charge in [0.2, 0.25) is 0 Å². The number of ketones is 1. The van der Waals surface area contributed by atoms with E-state index in [0.29, 0.717) is 25.1 Å². The number of benzene rings is 1. The van der Waals surface area contributed by atoms with E-state index in [1.54, 1.807) is 17.0 Å². The minimum absolute atomic E-state index is 0.0149. The van der Waals surface area contributed by atoms with Crippen molar-refractivity contribution in [2.75, 3.05) is 13.2 Å². The fraction of sp³-hybridized carbons (Fsp3) is 0.500.